The molecule has 0 saturated carbocycles. The van der Waals surface area contributed by atoms with Gasteiger partial charge in [-0.1, -0.05) is 6.07 Å². The lowest BCUT2D eigenvalue weighted by molar-refractivity contribution is -0.135. The number of hydrogen-bond acceptors (Lipinski definition) is 3. The molecule has 3 heterocycles. The summed E-state index contributed by atoms with van der Waals surface area (Å²) in [7, 11) is 0. The van der Waals surface area contributed by atoms with E-state index in [9.17, 15) is 9.59 Å². The van der Waals surface area contributed by atoms with Gasteiger partial charge in [0.05, 0.1) is 17.7 Å². The van der Waals surface area contributed by atoms with Crippen molar-refractivity contribution in [2.24, 2.45) is 11.1 Å². The molecule has 2 N–H and O–H groups in total. The molecular formula is C14H18N4O2. The maximum Gasteiger partial charge on any atom is 0.314 e. The highest BCUT2D eigenvalue weighted by atomic mass is 16.2. The number of nitrogens with two attached hydrogens (primary N) is 1. The predicted octanol–water partition coefficient (Wildman–Crippen LogP) is 0.585. The summed E-state index contributed by atoms with van der Waals surface area (Å²) in [5.74, 6) is 0.131. The second-order valence-electron chi connectivity index (χ2n) is 5.59. The Labute approximate surface area is 117 Å². The Morgan fingerprint density at radius 1 is 1.35 bits per heavy atom. The minimum atomic E-state index is -0.433. The SMILES string of the molecule is NC(=O)N1CC[C@@]2(CCN(Cc3ccccn3)C2=O)C1. The highest BCUT2D eigenvalue weighted by Gasteiger charge is 2.51. The molecule has 2 fully saturated rings. The van der Waals surface area contributed by atoms with E-state index < -0.39 is 11.4 Å². The summed E-state index contributed by atoms with van der Waals surface area (Å²) in [6.07, 6.45) is 3.24. The first kappa shape index (κ1) is 12.9. The summed E-state index contributed by atoms with van der Waals surface area (Å²) in [6, 6.07) is 5.27. The Kier molecular flexibility index (Phi) is 3.08. The molecule has 2 saturated heterocycles. The number of carbonyl (C=O) groups excluding carboxylic acids is 2. The van der Waals surface area contributed by atoms with Crippen LogP contribution in [-0.4, -0.2) is 46.4 Å². The maximum atomic E-state index is 12.6. The molecule has 2 aliphatic rings. The fourth-order valence-electron chi connectivity index (χ4n) is 3.17. The Morgan fingerprint density at radius 3 is 2.80 bits per heavy atom. The largest absolute Gasteiger partial charge is 0.351 e. The molecule has 0 bridgehead atoms. The van der Waals surface area contributed by atoms with Gasteiger partial charge < -0.3 is 15.5 Å². The molecule has 1 aromatic rings. The van der Waals surface area contributed by atoms with Gasteiger partial charge in [0.1, 0.15) is 0 Å². The number of primary amides is 1. The average Bonchev–Trinajstić information content (AvgIpc) is 3.01. The summed E-state index contributed by atoms with van der Waals surface area (Å²) in [4.78, 5) is 31.5. The molecule has 20 heavy (non-hydrogen) atoms. The molecule has 0 unspecified atom stereocenters. The molecule has 1 spiro atoms. The van der Waals surface area contributed by atoms with Crippen molar-refractivity contribution in [3.63, 3.8) is 0 Å². The Hall–Kier alpha value is -2.11. The highest BCUT2D eigenvalue weighted by molar-refractivity contribution is 5.86. The quantitative estimate of drug-likeness (QED) is 0.857. The molecule has 3 amide bonds. The molecule has 0 aromatic carbocycles. The zero-order valence-corrected chi connectivity index (χ0v) is 11.3. The molecular weight excluding hydrogens is 256 g/mol. The first-order chi connectivity index (χ1) is 9.61. The first-order valence-electron chi connectivity index (χ1n) is 6.84. The van der Waals surface area contributed by atoms with E-state index in [2.05, 4.69) is 4.98 Å². The molecule has 2 aliphatic heterocycles. The van der Waals surface area contributed by atoms with Gasteiger partial charge in [-0.15, -0.1) is 0 Å². The van der Waals surface area contributed by atoms with Crippen LogP contribution in [0, 0.1) is 5.41 Å². The number of nitrogens with zero attached hydrogens (tertiary/aromatic N) is 3. The topological polar surface area (TPSA) is 79.5 Å². The van der Waals surface area contributed by atoms with E-state index in [4.69, 9.17) is 5.73 Å². The summed E-state index contributed by atoms with van der Waals surface area (Å²) >= 11 is 0. The van der Waals surface area contributed by atoms with Crippen molar-refractivity contribution < 1.29 is 9.59 Å². The van der Waals surface area contributed by atoms with Crippen LogP contribution in [0.1, 0.15) is 18.5 Å². The van der Waals surface area contributed by atoms with Crippen molar-refractivity contribution in [2.75, 3.05) is 19.6 Å². The van der Waals surface area contributed by atoms with E-state index in [0.29, 0.717) is 26.1 Å². The molecule has 3 rings (SSSR count). The van der Waals surface area contributed by atoms with E-state index in [1.807, 2.05) is 23.1 Å². The lowest BCUT2D eigenvalue weighted by atomic mass is 9.85. The van der Waals surface area contributed by atoms with Crippen LogP contribution in [0.25, 0.3) is 0 Å². The number of urea groups is 1. The van der Waals surface area contributed by atoms with Gasteiger partial charge in [-0.3, -0.25) is 9.78 Å². The van der Waals surface area contributed by atoms with Gasteiger partial charge >= 0.3 is 6.03 Å². The van der Waals surface area contributed by atoms with Gasteiger partial charge in [-0.2, -0.15) is 0 Å². The van der Waals surface area contributed by atoms with Gasteiger partial charge in [-0.25, -0.2) is 4.79 Å². The molecule has 6 nitrogen and oxygen atoms in total. The molecule has 0 aliphatic carbocycles. The van der Waals surface area contributed by atoms with Crippen molar-refractivity contribution in [2.45, 2.75) is 19.4 Å². The van der Waals surface area contributed by atoms with E-state index in [-0.39, 0.29) is 5.91 Å². The highest BCUT2D eigenvalue weighted by Crippen LogP contribution is 2.40. The van der Waals surface area contributed by atoms with Crippen LogP contribution < -0.4 is 5.73 Å². The van der Waals surface area contributed by atoms with E-state index in [0.717, 1.165) is 18.7 Å². The monoisotopic (exact) mass is 274 g/mol. The lowest BCUT2D eigenvalue weighted by Crippen LogP contribution is -2.39. The lowest BCUT2D eigenvalue weighted by Gasteiger charge is -2.22. The number of hydrogen-bond donors (Lipinski definition) is 1. The second-order valence-corrected chi connectivity index (χ2v) is 5.59. The van der Waals surface area contributed by atoms with Gasteiger partial charge in [0.25, 0.3) is 0 Å². The van der Waals surface area contributed by atoms with Crippen LogP contribution in [0.2, 0.25) is 0 Å². The van der Waals surface area contributed by atoms with Crippen LogP contribution in [0.4, 0.5) is 4.79 Å². The molecule has 106 valence electrons. The van der Waals surface area contributed by atoms with E-state index in [1.165, 1.54) is 0 Å². The number of pyridine rings is 1. The Bertz CT molecular complexity index is 533. The fraction of sp³-hybridized carbons (Fsp3) is 0.500. The minimum absolute atomic E-state index is 0.131. The second kappa shape index (κ2) is 4.77. The van der Waals surface area contributed by atoms with Crippen molar-refractivity contribution in [3.8, 4) is 0 Å². The number of rotatable bonds is 2. The van der Waals surface area contributed by atoms with E-state index in [1.54, 1.807) is 11.1 Å². The Morgan fingerprint density at radius 2 is 2.15 bits per heavy atom. The molecule has 1 aromatic heterocycles. The van der Waals surface area contributed by atoms with Crippen LogP contribution in [0.5, 0.6) is 0 Å². The van der Waals surface area contributed by atoms with E-state index >= 15 is 0 Å². The van der Waals surface area contributed by atoms with Crippen molar-refractivity contribution >= 4 is 11.9 Å². The minimum Gasteiger partial charge on any atom is -0.351 e. The third-order valence-corrected chi connectivity index (χ3v) is 4.35. The summed E-state index contributed by atoms with van der Waals surface area (Å²) < 4.78 is 0. The number of amides is 3. The summed E-state index contributed by atoms with van der Waals surface area (Å²) in [5.41, 5.74) is 5.78. The van der Waals surface area contributed by atoms with Crippen LogP contribution >= 0.6 is 0 Å². The fourth-order valence-corrected chi connectivity index (χ4v) is 3.17. The molecule has 1 atom stereocenters. The third kappa shape index (κ3) is 2.11. The van der Waals surface area contributed by atoms with Crippen molar-refractivity contribution in [3.05, 3.63) is 30.1 Å². The number of likely N-dealkylation sites (tertiary alicyclic amines) is 2. The van der Waals surface area contributed by atoms with Gasteiger partial charge in [0.2, 0.25) is 5.91 Å². The maximum absolute atomic E-state index is 12.6. The summed E-state index contributed by atoms with van der Waals surface area (Å²) in [5, 5.41) is 0. The summed E-state index contributed by atoms with van der Waals surface area (Å²) in [6.45, 7) is 2.30. The zero-order chi connectivity index (χ0) is 14.2. The van der Waals surface area contributed by atoms with Crippen LogP contribution in [-0.2, 0) is 11.3 Å². The number of carbonyl (C=O) groups is 2. The van der Waals surface area contributed by atoms with Crippen LogP contribution in [0.3, 0.4) is 0 Å². The smallest absolute Gasteiger partial charge is 0.314 e. The van der Waals surface area contributed by atoms with Crippen molar-refractivity contribution in [1.29, 1.82) is 0 Å². The van der Waals surface area contributed by atoms with Gasteiger partial charge in [0, 0.05) is 25.8 Å². The first-order valence-corrected chi connectivity index (χ1v) is 6.84. The van der Waals surface area contributed by atoms with Crippen molar-refractivity contribution in [1.82, 2.24) is 14.8 Å². The molecule has 0 radical (unpaired) electrons. The van der Waals surface area contributed by atoms with Crippen LogP contribution in [0.15, 0.2) is 24.4 Å². The number of aromatic nitrogens is 1. The normalized spacial score (nSPS) is 25.7. The van der Waals surface area contributed by atoms with Gasteiger partial charge in [0.15, 0.2) is 0 Å². The average molecular weight is 274 g/mol. The zero-order valence-electron chi connectivity index (χ0n) is 11.3. The standard InChI is InChI=1S/C14H18N4O2/c15-13(20)18-8-5-14(10-18)4-7-17(12(14)19)9-11-3-1-2-6-16-11/h1-3,6H,4-5,7-10H2,(H2,15,20)/t14-/m0/s1. The molecule has 6 heteroatoms. The predicted molar refractivity (Wildman–Crippen MR) is 72.5 cm³/mol. The Balaban J connectivity index is 1.70. The third-order valence-electron chi connectivity index (χ3n) is 4.35. The van der Waals surface area contributed by atoms with Gasteiger partial charge in [-0.05, 0) is 25.0 Å².